The van der Waals surface area contributed by atoms with Gasteiger partial charge in [0, 0.05) is 20.9 Å². The number of ether oxygens (including phenoxy) is 2. The van der Waals surface area contributed by atoms with E-state index in [-0.39, 0.29) is 22.0 Å². The number of carbonyl (C=O) groups is 4. The molecular weight excluding hydrogens is 621 g/mol. The summed E-state index contributed by atoms with van der Waals surface area (Å²) in [4.78, 5) is 55.0. The number of fused-ring (bicyclic) bond motifs is 2. The van der Waals surface area contributed by atoms with Crippen molar-refractivity contribution < 1.29 is 28.7 Å². The lowest BCUT2D eigenvalue weighted by atomic mass is 9.72. The first-order valence-electron chi connectivity index (χ1n) is 15.8. The fourth-order valence-corrected chi connectivity index (χ4v) is 9.24. The quantitative estimate of drug-likeness (QED) is 0.257. The monoisotopic (exact) mass is 664 g/mol. The molecule has 246 valence electrons. The Morgan fingerprint density at radius 1 is 0.696 bits per heavy atom. The Bertz CT molecular complexity index is 1570. The highest BCUT2D eigenvalue weighted by atomic mass is 32.1. The second-order valence-corrected chi connectivity index (χ2v) is 16.7. The summed E-state index contributed by atoms with van der Waals surface area (Å²) in [7, 11) is 2.69. The minimum atomic E-state index is -0.469. The fourth-order valence-electron chi connectivity index (χ4n) is 6.61. The average Bonchev–Trinajstić information content (AvgIpc) is 3.55. The van der Waals surface area contributed by atoms with Gasteiger partial charge in [-0.15, -0.1) is 22.7 Å². The summed E-state index contributed by atoms with van der Waals surface area (Å²) in [6, 6.07) is 6.42. The number of benzene rings is 1. The normalized spacial score (nSPS) is 17.8. The molecule has 0 radical (unpaired) electrons. The standard InChI is InChI=1S/C36H44N2O6S2/c1-35(2,3)21-12-14-23-25(17-21)45-31(27(23)33(41)43-7)37-29(39)19-10-9-11-20(16-19)30(40)38-32-28(34(42)44-8)24-15-13-22(36(4,5)6)18-26(24)46-32/h9-11,16,21-22H,12-15,17-18H2,1-8H3,(H,37,39)(H,38,40). The molecule has 46 heavy (non-hydrogen) atoms. The molecule has 0 saturated carbocycles. The molecule has 0 aliphatic heterocycles. The zero-order valence-corrected chi connectivity index (χ0v) is 29.6. The molecule has 2 unspecified atom stereocenters. The molecule has 5 rings (SSSR count). The molecule has 2 amide bonds. The molecule has 0 spiro atoms. The Morgan fingerprint density at radius 2 is 1.09 bits per heavy atom. The molecule has 2 aromatic heterocycles. The SMILES string of the molecule is COC(=O)c1c(NC(=O)c2cccc(C(=O)Nc3sc4c(c3C(=O)OC)CCC(C(C)(C)C)C4)c2)sc2c1CCC(C(C)(C)C)C2. The maximum atomic E-state index is 13.5. The van der Waals surface area contributed by atoms with Gasteiger partial charge in [0.2, 0.25) is 0 Å². The Balaban J connectivity index is 1.38. The van der Waals surface area contributed by atoms with Crippen LogP contribution in [-0.2, 0) is 35.2 Å². The van der Waals surface area contributed by atoms with Crippen LogP contribution >= 0.6 is 22.7 Å². The minimum absolute atomic E-state index is 0.131. The molecule has 2 aliphatic rings. The second kappa shape index (κ2) is 13.0. The van der Waals surface area contributed by atoms with Crippen LogP contribution in [0.4, 0.5) is 10.0 Å². The third-order valence-electron chi connectivity index (χ3n) is 9.60. The lowest BCUT2D eigenvalue weighted by molar-refractivity contribution is 0.0591. The van der Waals surface area contributed by atoms with Crippen LogP contribution in [0.25, 0.3) is 0 Å². The molecule has 3 aromatic rings. The van der Waals surface area contributed by atoms with Crippen molar-refractivity contribution in [3.63, 3.8) is 0 Å². The van der Waals surface area contributed by atoms with E-state index in [4.69, 9.17) is 9.47 Å². The summed E-state index contributed by atoms with van der Waals surface area (Å²) in [5, 5.41) is 6.80. The number of hydrogen-bond donors (Lipinski definition) is 2. The van der Waals surface area contributed by atoms with Crippen LogP contribution in [0.3, 0.4) is 0 Å². The number of rotatable bonds is 6. The summed E-state index contributed by atoms with van der Waals surface area (Å²) in [6.45, 7) is 13.4. The number of methoxy groups -OCH3 is 2. The molecule has 0 bridgehead atoms. The molecule has 0 saturated heterocycles. The van der Waals surface area contributed by atoms with Crippen molar-refractivity contribution in [2.75, 3.05) is 24.9 Å². The topological polar surface area (TPSA) is 111 Å². The van der Waals surface area contributed by atoms with Crippen molar-refractivity contribution in [2.45, 2.75) is 80.1 Å². The molecule has 2 N–H and O–H groups in total. The van der Waals surface area contributed by atoms with Crippen LogP contribution in [-0.4, -0.2) is 38.0 Å². The number of nitrogens with one attached hydrogen (secondary N) is 2. The Morgan fingerprint density at radius 3 is 1.43 bits per heavy atom. The third-order valence-corrected chi connectivity index (χ3v) is 11.9. The van der Waals surface area contributed by atoms with E-state index in [1.165, 1.54) is 43.0 Å². The van der Waals surface area contributed by atoms with E-state index in [0.29, 0.717) is 33.0 Å². The van der Waals surface area contributed by atoms with E-state index < -0.39 is 23.8 Å². The van der Waals surface area contributed by atoms with Gasteiger partial charge in [0.15, 0.2) is 0 Å². The molecule has 10 heteroatoms. The lowest BCUT2D eigenvalue weighted by Gasteiger charge is -2.33. The molecular formula is C36H44N2O6S2. The Kier molecular flexibility index (Phi) is 9.53. The van der Waals surface area contributed by atoms with Gasteiger partial charge in [0.25, 0.3) is 11.8 Å². The molecule has 0 fully saturated rings. The molecule has 2 heterocycles. The summed E-state index contributed by atoms with van der Waals surface area (Å²) >= 11 is 2.85. The van der Waals surface area contributed by atoms with Crippen LogP contribution in [0.1, 0.15) is 117 Å². The number of amides is 2. The summed E-state index contributed by atoms with van der Waals surface area (Å²) < 4.78 is 10.2. The van der Waals surface area contributed by atoms with Gasteiger partial charge >= 0.3 is 11.9 Å². The van der Waals surface area contributed by atoms with E-state index >= 15 is 0 Å². The van der Waals surface area contributed by atoms with Gasteiger partial charge in [0.05, 0.1) is 25.3 Å². The maximum absolute atomic E-state index is 13.5. The first-order chi connectivity index (χ1) is 21.6. The van der Waals surface area contributed by atoms with Gasteiger partial charge < -0.3 is 20.1 Å². The largest absolute Gasteiger partial charge is 0.465 e. The number of thiophene rings is 2. The first kappa shape index (κ1) is 33.9. The Labute approximate surface area is 279 Å². The van der Waals surface area contributed by atoms with E-state index in [9.17, 15) is 19.2 Å². The van der Waals surface area contributed by atoms with Crippen molar-refractivity contribution in [3.05, 3.63) is 67.4 Å². The molecule has 2 atom stereocenters. The van der Waals surface area contributed by atoms with Crippen molar-refractivity contribution in [2.24, 2.45) is 22.7 Å². The van der Waals surface area contributed by atoms with Crippen LogP contribution in [0.5, 0.6) is 0 Å². The predicted octanol–water partition coefficient (Wildman–Crippen LogP) is 8.19. The number of hydrogen-bond acceptors (Lipinski definition) is 8. The highest BCUT2D eigenvalue weighted by molar-refractivity contribution is 7.17. The Hall–Kier alpha value is -3.50. The minimum Gasteiger partial charge on any atom is -0.465 e. The number of carbonyl (C=O) groups excluding carboxylic acids is 4. The highest BCUT2D eigenvalue weighted by Gasteiger charge is 2.36. The second-order valence-electron chi connectivity index (χ2n) is 14.5. The number of anilines is 2. The lowest BCUT2D eigenvalue weighted by Crippen LogP contribution is -2.26. The third kappa shape index (κ3) is 6.79. The summed E-state index contributed by atoms with van der Waals surface area (Å²) in [5.41, 5.74) is 3.55. The van der Waals surface area contributed by atoms with Crippen LogP contribution in [0.2, 0.25) is 0 Å². The van der Waals surface area contributed by atoms with Crippen molar-refractivity contribution >= 4 is 56.4 Å². The zero-order chi connectivity index (χ0) is 33.6. The fraction of sp³-hybridized carbons (Fsp3) is 0.500. The van der Waals surface area contributed by atoms with Crippen molar-refractivity contribution in [3.8, 4) is 0 Å². The van der Waals surface area contributed by atoms with Crippen molar-refractivity contribution in [1.29, 1.82) is 0 Å². The van der Waals surface area contributed by atoms with Gasteiger partial charge in [-0.3, -0.25) is 9.59 Å². The highest BCUT2D eigenvalue weighted by Crippen LogP contribution is 2.46. The van der Waals surface area contributed by atoms with E-state index in [2.05, 4.69) is 52.2 Å². The van der Waals surface area contributed by atoms with Gasteiger partial charge in [0.1, 0.15) is 10.0 Å². The van der Waals surface area contributed by atoms with Gasteiger partial charge in [-0.2, -0.15) is 0 Å². The van der Waals surface area contributed by atoms with Crippen LogP contribution in [0.15, 0.2) is 24.3 Å². The van der Waals surface area contributed by atoms with E-state index in [0.717, 1.165) is 59.4 Å². The average molecular weight is 665 g/mol. The molecule has 2 aliphatic carbocycles. The van der Waals surface area contributed by atoms with Crippen LogP contribution in [0, 0.1) is 22.7 Å². The maximum Gasteiger partial charge on any atom is 0.341 e. The smallest absolute Gasteiger partial charge is 0.341 e. The van der Waals surface area contributed by atoms with E-state index in [1.54, 1.807) is 18.2 Å². The zero-order valence-electron chi connectivity index (χ0n) is 28.0. The van der Waals surface area contributed by atoms with Gasteiger partial charge in [-0.1, -0.05) is 47.6 Å². The molecule has 8 nitrogen and oxygen atoms in total. The summed E-state index contributed by atoms with van der Waals surface area (Å²) in [5.74, 6) is -0.859. The van der Waals surface area contributed by atoms with E-state index in [1.807, 2.05) is 0 Å². The summed E-state index contributed by atoms with van der Waals surface area (Å²) in [6.07, 6.45) is 5.11. The van der Waals surface area contributed by atoms with Gasteiger partial charge in [-0.25, -0.2) is 9.59 Å². The van der Waals surface area contributed by atoms with Gasteiger partial charge in [-0.05, 0) is 90.5 Å². The number of esters is 2. The first-order valence-corrected chi connectivity index (χ1v) is 17.4. The molecule has 1 aromatic carbocycles. The van der Waals surface area contributed by atoms with Crippen molar-refractivity contribution in [1.82, 2.24) is 0 Å². The predicted molar refractivity (Wildman–Crippen MR) is 184 cm³/mol. The van der Waals surface area contributed by atoms with Crippen LogP contribution < -0.4 is 10.6 Å².